The van der Waals surface area contributed by atoms with Crippen LogP contribution in [0.25, 0.3) is 0 Å². The van der Waals surface area contributed by atoms with Gasteiger partial charge in [-0.05, 0) is 23.8 Å². The van der Waals surface area contributed by atoms with Gasteiger partial charge in [0.2, 0.25) is 0 Å². The van der Waals surface area contributed by atoms with Crippen molar-refractivity contribution in [3.63, 3.8) is 0 Å². The summed E-state index contributed by atoms with van der Waals surface area (Å²) < 4.78 is 10.8. The molecule has 6 heteroatoms. The van der Waals surface area contributed by atoms with Crippen molar-refractivity contribution in [2.45, 2.75) is 12.6 Å². The monoisotopic (exact) mass is 340 g/mol. The van der Waals surface area contributed by atoms with Gasteiger partial charge in [-0.3, -0.25) is 4.90 Å². The van der Waals surface area contributed by atoms with Crippen LogP contribution < -0.4 is 5.73 Å². The molecule has 1 atom stereocenters. The fourth-order valence-corrected chi connectivity index (χ4v) is 2.88. The molecule has 0 spiro atoms. The van der Waals surface area contributed by atoms with Gasteiger partial charge in [0.15, 0.2) is 0 Å². The number of carbonyl (C=O) groups excluding carboxylic acids is 2. The summed E-state index contributed by atoms with van der Waals surface area (Å²) in [6.45, 7) is 3.06. The topological polar surface area (TPSA) is 81.9 Å². The van der Waals surface area contributed by atoms with Crippen LogP contribution in [0.4, 0.5) is 0 Å². The molecule has 130 valence electrons. The lowest BCUT2D eigenvalue weighted by atomic mass is 9.99. The Kier molecular flexibility index (Phi) is 5.58. The van der Waals surface area contributed by atoms with Gasteiger partial charge in [0.05, 0.1) is 30.4 Å². The van der Waals surface area contributed by atoms with E-state index < -0.39 is 5.97 Å². The molecular weight excluding hydrogens is 320 g/mol. The number of hydrogen-bond acceptors (Lipinski definition) is 6. The van der Waals surface area contributed by atoms with Crippen LogP contribution in [0.3, 0.4) is 0 Å². The van der Waals surface area contributed by atoms with Gasteiger partial charge >= 0.3 is 5.97 Å². The Hall–Kier alpha value is -2.50. The predicted octanol–water partition coefficient (Wildman–Crippen LogP) is 1.21. The Labute approximate surface area is 146 Å². The van der Waals surface area contributed by atoms with Crippen LogP contribution in [0.2, 0.25) is 0 Å². The number of carbonyl (C=O) groups is 1. The quantitative estimate of drug-likeness (QED) is 0.655. The highest BCUT2D eigenvalue weighted by Crippen LogP contribution is 2.25. The molecule has 6 nitrogen and oxygen atoms in total. The molecule has 3 rings (SSSR count). The predicted molar refractivity (Wildman–Crippen MR) is 92.4 cm³/mol. The van der Waals surface area contributed by atoms with Crippen LogP contribution in [-0.4, -0.2) is 49.2 Å². The van der Waals surface area contributed by atoms with Crippen molar-refractivity contribution in [1.29, 1.82) is 0 Å². The molecule has 1 aliphatic carbocycles. The summed E-state index contributed by atoms with van der Waals surface area (Å²) in [5, 5.41) is 0. The Bertz CT molecular complexity index is 739. The van der Waals surface area contributed by atoms with E-state index in [2.05, 4.69) is 4.90 Å². The number of ether oxygens (including phenoxy) is 2. The van der Waals surface area contributed by atoms with Crippen LogP contribution in [0.1, 0.15) is 15.9 Å². The summed E-state index contributed by atoms with van der Waals surface area (Å²) in [7, 11) is 0. The lowest BCUT2D eigenvalue weighted by Gasteiger charge is -2.34. The zero-order valence-electron chi connectivity index (χ0n) is 13.8. The normalized spacial score (nSPS) is 20.8. The number of esters is 1. The first-order valence-corrected chi connectivity index (χ1v) is 8.20. The highest BCUT2D eigenvalue weighted by atomic mass is 16.5. The Morgan fingerprint density at radius 1 is 1.28 bits per heavy atom. The number of benzene rings is 1. The minimum atomic E-state index is -0.515. The van der Waals surface area contributed by atoms with Gasteiger partial charge in [-0.1, -0.05) is 24.3 Å². The van der Waals surface area contributed by atoms with E-state index >= 15 is 0 Å². The molecule has 0 aromatic heterocycles. The second-order valence-electron chi connectivity index (χ2n) is 5.82. The van der Waals surface area contributed by atoms with Gasteiger partial charge in [0.1, 0.15) is 11.7 Å². The van der Waals surface area contributed by atoms with Crippen LogP contribution in [0.5, 0.6) is 0 Å². The summed E-state index contributed by atoms with van der Waals surface area (Å²) in [4.78, 5) is 26.0. The molecule has 1 heterocycles. The maximum atomic E-state index is 12.4. The van der Waals surface area contributed by atoms with Crippen molar-refractivity contribution in [2.24, 2.45) is 5.73 Å². The molecule has 0 radical (unpaired) electrons. The number of morpholine rings is 1. The summed E-state index contributed by atoms with van der Waals surface area (Å²) >= 11 is 0. The van der Waals surface area contributed by atoms with Crippen LogP contribution in [0.15, 0.2) is 53.8 Å². The summed E-state index contributed by atoms with van der Waals surface area (Å²) in [5.74, 6) is 1.67. The van der Waals surface area contributed by atoms with Crippen LogP contribution in [-0.2, 0) is 20.8 Å². The number of nitrogens with two attached hydrogens (primary N) is 1. The van der Waals surface area contributed by atoms with Crippen LogP contribution >= 0.6 is 0 Å². The van der Waals surface area contributed by atoms with Gasteiger partial charge in [-0.2, -0.15) is 0 Å². The molecule has 2 aliphatic rings. The van der Waals surface area contributed by atoms with E-state index in [9.17, 15) is 9.59 Å². The number of rotatable bonds is 4. The van der Waals surface area contributed by atoms with Gasteiger partial charge < -0.3 is 15.2 Å². The minimum Gasteiger partial charge on any atom is -0.422 e. The maximum absolute atomic E-state index is 12.4. The van der Waals surface area contributed by atoms with E-state index in [1.54, 1.807) is 36.4 Å². The number of allylic oxidation sites excluding steroid dienone is 2. The second kappa shape index (κ2) is 8.05. The number of nitrogens with zero attached hydrogens (tertiary/aromatic N) is 1. The lowest BCUT2D eigenvalue weighted by Crippen LogP contribution is -2.44. The highest BCUT2D eigenvalue weighted by molar-refractivity contribution is 5.90. The third-order valence-corrected chi connectivity index (χ3v) is 4.28. The number of hydrogen-bond donors (Lipinski definition) is 1. The Morgan fingerprint density at radius 3 is 2.64 bits per heavy atom. The summed E-state index contributed by atoms with van der Waals surface area (Å²) in [6.07, 6.45) is 5.31. The van der Waals surface area contributed by atoms with Gasteiger partial charge in [-0.15, -0.1) is 0 Å². The van der Waals surface area contributed by atoms with E-state index in [1.807, 2.05) is 12.0 Å². The molecule has 0 saturated carbocycles. The zero-order chi connectivity index (χ0) is 17.6. The van der Waals surface area contributed by atoms with Crippen molar-refractivity contribution in [3.8, 4) is 0 Å². The second-order valence-corrected chi connectivity index (χ2v) is 5.82. The largest absolute Gasteiger partial charge is 0.422 e. The van der Waals surface area contributed by atoms with Crippen LogP contribution in [0, 0.1) is 0 Å². The van der Waals surface area contributed by atoms with Gasteiger partial charge in [0.25, 0.3) is 0 Å². The summed E-state index contributed by atoms with van der Waals surface area (Å²) in [6, 6.07) is 6.62. The smallest absolute Gasteiger partial charge is 0.343 e. The molecule has 0 bridgehead atoms. The third-order valence-electron chi connectivity index (χ3n) is 4.28. The Balaban J connectivity index is 1.74. The molecule has 1 aromatic rings. The van der Waals surface area contributed by atoms with Gasteiger partial charge in [-0.25, -0.2) is 9.59 Å². The third kappa shape index (κ3) is 3.95. The molecule has 1 saturated heterocycles. The Morgan fingerprint density at radius 2 is 2.00 bits per heavy atom. The molecule has 1 aromatic carbocycles. The van der Waals surface area contributed by atoms with E-state index in [-0.39, 0.29) is 11.8 Å². The fraction of sp³-hybridized carbons (Fsp3) is 0.316. The zero-order valence-corrected chi connectivity index (χ0v) is 13.8. The van der Waals surface area contributed by atoms with Crippen molar-refractivity contribution in [1.82, 2.24) is 4.90 Å². The molecule has 0 amide bonds. The first-order chi connectivity index (χ1) is 12.2. The standard InChI is InChI=1S/C19H20N2O4/c20-12-14-4-6-15(7-5-14)19(23)25-18-3-1-2-17(16(18)13-22)21-8-10-24-11-9-21/h1-7,17H,8-12,20H2. The molecule has 1 unspecified atom stereocenters. The maximum Gasteiger partial charge on any atom is 0.343 e. The van der Waals surface area contributed by atoms with E-state index in [1.165, 1.54) is 0 Å². The summed E-state index contributed by atoms with van der Waals surface area (Å²) in [5.41, 5.74) is 7.22. The van der Waals surface area contributed by atoms with E-state index in [0.717, 1.165) is 5.56 Å². The van der Waals surface area contributed by atoms with Crippen molar-refractivity contribution in [3.05, 3.63) is 65.0 Å². The van der Waals surface area contributed by atoms with Crippen molar-refractivity contribution < 1.29 is 19.1 Å². The molecule has 1 fully saturated rings. The first kappa shape index (κ1) is 17.3. The highest BCUT2D eigenvalue weighted by Gasteiger charge is 2.29. The SMILES string of the molecule is NCc1ccc(C(=O)OC2=CC=CC(N3CCOCC3)C2=C=O)cc1. The fourth-order valence-electron chi connectivity index (χ4n) is 2.88. The molecular formula is C19H20N2O4. The van der Waals surface area contributed by atoms with Crippen molar-refractivity contribution in [2.75, 3.05) is 26.3 Å². The molecule has 25 heavy (non-hydrogen) atoms. The van der Waals surface area contributed by atoms with E-state index in [0.29, 0.717) is 44.0 Å². The molecule has 2 N–H and O–H groups in total. The van der Waals surface area contributed by atoms with Crippen molar-refractivity contribution >= 4 is 11.9 Å². The van der Waals surface area contributed by atoms with E-state index in [4.69, 9.17) is 15.2 Å². The minimum absolute atomic E-state index is 0.238. The first-order valence-electron chi connectivity index (χ1n) is 8.20. The average Bonchev–Trinajstić information content (AvgIpc) is 2.68. The molecule has 1 aliphatic heterocycles. The van der Waals surface area contributed by atoms with Gasteiger partial charge in [0, 0.05) is 19.6 Å². The average molecular weight is 340 g/mol. The lowest BCUT2D eigenvalue weighted by molar-refractivity contribution is 0.0300.